The quantitative estimate of drug-likeness (QED) is 0.615. The largest absolute Gasteiger partial charge is 0.497 e. The van der Waals surface area contributed by atoms with E-state index >= 15 is 0 Å². The van der Waals surface area contributed by atoms with Crippen molar-refractivity contribution >= 4 is 15.9 Å². The molecule has 1 heterocycles. The van der Waals surface area contributed by atoms with E-state index in [9.17, 15) is 13.2 Å². The molecule has 8 heteroatoms. The Kier molecular flexibility index (Phi) is 7.47. The van der Waals surface area contributed by atoms with Gasteiger partial charge in [-0.1, -0.05) is 30.3 Å². The second-order valence-electron chi connectivity index (χ2n) is 7.26. The third-order valence-electron chi connectivity index (χ3n) is 5.35. The van der Waals surface area contributed by atoms with Crippen LogP contribution in [-0.2, 0) is 19.6 Å². The van der Waals surface area contributed by atoms with Crippen LogP contribution in [0.3, 0.4) is 0 Å². The summed E-state index contributed by atoms with van der Waals surface area (Å²) in [5.41, 5.74) is 0.886. The van der Waals surface area contributed by atoms with Crippen molar-refractivity contribution in [2.75, 3.05) is 40.5 Å². The summed E-state index contributed by atoms with van der Waals surface area (Å²) in [6.45, 7) is 1.41. The van der Waals surface area contributed by atoms with Crippen LogP contribution in [-0.4, -0.2) is 59.1 Å². The molecular formula is C22H28N2O5S. The zero-order chi connectivity index (χ0) is 21.6. The van der Waals surface area contributed by atoms with Gasteiger partial charge in [-0.25, -0.2) is 8.42 Å². The van der Waals surface area contributed by atoms with Crippen LogP contribution in [0.4, 0.5) is 0 Å². The highest BCUT2D eigenvalue weighted by Crippen LogP contribution is 2.37. The number of ether oxygens (including phenoxy) is 2. The van der Waals surface area contributed by atoms with E-state index in [4.69, 9.17) is 9.47 Å². The lowest BCUT2D eigenvalue weighted by Crippen LogP contribution is -2.36. The molecule has 0 radical (unpaired) electrons. The van der Waals surface area contributed by atoms with Crippen LogP contribution in [0.1, 0.15) is 17.9 Å². The van der Waals surface area contributed by atoms with E-state index in [2.05, 4.69) is 5.32 Å². The average molecular weight is 433 g/mol. The van der Waals surface area contributed by atoms with E-state index in [1.807, 2.05) is 24.3 Å². The molecule has 1 aliphatic heterocycles. The molecule has 2 aromatic rings. The highest BCUT2D eigenvalue weighted by atomic mass is 32.2. The van der Waals surface area contributed by atoms with Gasteiger partial charge in [-0.15, -0.1) is 0 Å². The number of rotatable bonds is 9. The van der Waals surface area contributed by atoms with E-state index in [0.717, 1.165) is 5.56 Å². The smallest absolute Gasteiger partial charge is 0.243 e. The van der Waals surface area contributed by atoms with E-state index < -0.39 is 15.9 Å². The molecule has 1 aliphatic rings. The van der Waals surface area contributed by atoms with Crippen molar-refractivity contribution < 1.29 is 22.7 Å². The Bertz CT molecular complexity index is 949. The summed E-state index contributed by atoms with van der Waals surface area (Å²) >= 11 is 0. The van der Waals surface area contributed by atoms with Crippen LogP contribution in [0, 0.1) is 5.92 Å². The Morgan fingerprint density at radius 2 is 1.87 bits per heavy atom. The van der Waals surface area contributed by atoms with Crippen LogP contribution in [0.5, 0.6) is 5.75 Å². The number of methoxy groups -OCH3 is 2. The number of nitrogens with one attached hydrogen (secondary N) is 1. The summed E-state index contributed by atoms with van der Waals surface area (Å²) in [5.74, 6) is -0.222. The highest BCUT2D eigenvalue weighted by molar-refractivity contribution is 7.89. The van der Waals surface area contributed by atoms with Gasteiger partial charge in [0.15, 0.2) is 0 Å². The van der Waals surface area contributed by atoms with Crippen LogP contribution >= 0.6 is 0 Å². The maximum Gasteiger partial charge on any atom is 0.243 e. The van der Waals surface area contributed by atoms with Crippen molar-refractivity contribution in [3.63, 3.8) is 0 Å². The van der Waals surface area contributed by atoms with Crippen molar-refractivity contribution in [1.29, 1.82) is 0 Å². The second-order valence-corrected chi connectivity index (χ2v) is 9.20. The molecule has 1 amide bonds. The van der Waals surface area contributed by atoms with Crippen molar-refractivity contribution in [2.45, 2.75) is 17.2 Å². The number of sulfonamides is 1. The molecule has 0 aliphatic carbocycles. The SMILES string of the molecule is COCCCNC(=O)C1CN(S(=O)(=O)c2ccccc2)CC1c1cccc(OC)c1. The second kappa shape index (κ2) is 10.1. The van der Waals surface area contributed by atoms with E-state index in [1.165, 1.54) is 4.31 Å². The molecule has 1 fully saturated rings. The summed E-state index contributed by atoms with van der Waals surface area (Å²) in [6, 6.07) is 15.8. The molecule has 162 valence electrons. The molecule has 7 nitrogen and oxygen atoms in total. The maximum atomic E-state index is 13.2. The first kappa shape index (κ1) is 22.3. The Hall–Kier alpha value is -2.42. The Morgan fingerprint density at radius 3 is 2.57 bits per heavy atom. The number of benzene rings is 2. The van der Waals surface area contributed by atoms with Gasteiger partial charge in [0, 0.05) is 39.3 Å². The van der Waals surface area contributed by atoms with Crippen molar-refractivity contribution in [3.8, 4) is 5.75 Å². The van der Waals surface area contributed by atoms with Gasteiger partial charge in [0.05, 0.1) is 17.9 Å². The lowest BCUT2D eigenvalue weighted by molar-refractivity contribution is -0.124. The van der Waals surface area contributed by atoms with Gasteiger partial charge in [-0.3, -0.25) is 4.79 Å². The zero-order valence-corrected chi connectivity index (χ0v) is 18.1. The predicted octanol–water partition coefficient (Wildman–Crippen LogP) is 2.25. The van der Waals surface area contributed by atoms with Gasteiger partial charge in [-0.05, 0) is 36.2 Å². The van der Waals surface area contributed by atoms with E-state index in [0.29, 0.717) is 25.3 Å². The molecule has 0 aromatic heterocycles. The number of hydrogen-bond acceptors (Lipinski definition) is 5. The summed E-state index contributed by atoms with van der Waals surface area (Å²) in [7, 11) is -0.491. The molecule has 2 aromatic carbocycles. The molecule has 2 unspecified atom stereocenters. The number of hydrogen-bond donors (Lipinski definition) is 1. The molecule has 1 N–H and O–H groups in total. The highest BCUT2D eigenvalue weighted by Gasteiger charge is 2.43. The van der Waals surface area contributed by atoms with Gasteiger partial charge in [0.1, 0.15) is 5.75 Å². The van der Waals surface area contributed by atoms with Crippen LogP contribution < -0.4 is 10.1 Å². The standard InChI is InChI=1S/C22H28N2O5S/c1-28-13-7-12-23-22(25)21-16-24(30(26,27)19-10-4-3-5-11-19)15-20(21)17-8-6-9-18(14-17)29-2/h3-6,8-11,14,20-21H,7,12-13,15-16H2,1-2H3,(H,23,25). The first-order valence-corrected chi connectivity index (χ1v) is 11.4. The summed E-state index contributed by atoms with van der Waals surface area (Å²) in [5, 5.41) is 2.93. The molecule has 0 bridgehead atoms. The Morgan fingerprint density at radius 1 is 1.10 bits per heavy atom. The first-order valence-electron chi connectivity index (χ1n) is 9.93. The zero-order valence-electron chi connectivity index (χ0n) is 17.3. The fourth-order valence-electron chi connectivity index (χ4n) is 3.74. The lowest BCUT2D eigenvalue weighted by atomic mass is 9.88. The molecule has 0 saturated carbocycles. The normalized spacial score (nSPS) is 19.5. The molecule has 0 spiro atoms. The third kappa shape index (κ3) is 5.00. The van der Waals surface area contributed by atoms with E-state index in [1.54, 1.807) is 44.6 Å². The van der Waals surface area contributed by atoms with Crippen LogP contribution in [0.25, 0.3) is 0 Å². The summed E-state index contributed by atoms with van der Waals surface area (Å²) in [6.07, 6.45) is 0.699. The fraction of sp³-hybridized carbons (Fsp3) is 0.409. The molecular weight excluding hydrogens is 404 g/mol. The van der Waals surface area contributed by atoms with E-state index in [-0.39, 0.29) is 29.8 Å². The van der Waals surface area contributed by atoms with Gasteiger partial charge in [-0.2, -0.15) is 4.31 Å². The monoisotopic (exact) mass is 432 g/mol. The summed E-state index contributed by atoms with van der Waals surface area (Å²) < 4.78 is 38.1. The van der Waals surface area contributed by atoms with Gasteiger partial charge < -0.3 is 14.8 Å². The third-order valence-corrected chi connectivity index (χ3v) is 7.20. The average Bonchev–Trinajstić information content (AvgIpc) is 3.24. The van der Waals surface area contributed by atoms with Crippen LogP contribution in [0.15, 0.2) is 59.5 Å². The predicted molar refractivity (Wildman–Crippen MR) is 114 cm³/mol. The minimum absolute atomic E-state index is 0.134. The lowest BCUT2D eigenvalue weighted by Gasteiger charge is -2.19. The minimum Gasteiger partial charge on any atom is -0.497 e. The number of carbonyl (C=O) groups is 1. The maximum absolute atomic E-state index is 13.2. The number of amides is 1. The fourth-order valence-corrected chi connectivity index (χ4v) is 5.25. The van der Waals surface area contributed by atoms with Crippen molar-refractivity contribution in [2.24, 2.45) is 5.92 Å². The Balaban J connectivity index is 1.86. The van der Waals surface area contributed by atoms with Gasteiger partial charge >= 0.3 is 0 Å². The molecule has 2 atom stereocenters. The van der Waals surface area contributed by atoms with Crippen LogP contribution in [0.2, 0.25) is 0 Å². The summed E-state index contributed by atoms with van der Waals surface area (Å²) in [4.78, 5) is 13.2. The van der Waals surface area contributed by atoms with Crippen molar-refractivity contribution in [1.82, 2.24) is 9.62 Å². The van der Waals surface area contributed by atoms with Gasteiger partial charge in [0.25, 0.3) is 0 Å². The Labute approximate surface area is 178 Å². The first-order chi connectivity index (χ1) is 14.5. The molecule has 30 heavy (non-hydrogen) atoms. The number of carbonyl (C=O) groups excluding carboxylic acids is 1. The topological polar surface area (TPSA) is 84.9 Å². The molecule has 1 saturated heterocycles. The molecule has 3 rings (SSSR count). The van der Waals surface area contributed by atoms with Gasteiger partial charge in [0.2, 0.25) is 15.9 Å². The number of nitrogens with zero attached hydrogens (tertiary/aromatic N) is 1. The minimum atomic E-state index is -3.69. The van der Waals surface area contributed by atoms with Crippen molar-refractivity contribution in [3.05, 3.63) is 60.2 Å².